The minimum atomic E-state index is -0.360. The second kappa shape index (κ2) is 7.78. The highest BCUT2D eigenvalue weighted by molar-refractivity contribution is 9.10. The average molecular weight is 435 g/mol. The minimum absolute atomic E-state index is 0.360. The highest BCUT2D eigenvalue weighted by Gasteiger charge is 2.11. The van der Waals surface area contributed by atoms with Crippen molar-refractivity contribution >= 4 is 44.9 Å². The monoisotopic (exact) mass is 434 g/mol. The summed E-state index contributed by atoms with van der Waals surface area (Å²) < 4.78 is 11.5. The van der Waals surface area contributed by atoms with Gasteiger partial charge in [0.15, 0.2) is 5.58 Å². The van der Waals surface area contributed by atoms with Gasteiger partial charge < -0.3 is 9.15 Å². The van der Waals surface area contributed by atoms with Gasteiger partial charge in [0.25, 0.3) is 0 Å². The van der Waals surface area contributed by atoms with Crippen molar-refractivity contribution in [1.29, 1.82) is 0 Å². The van der Waals surface area contributed by atoms with Crippen molar-refractivity contribution in [2.24, 2.45) is 4.99 Å². The summed E-state index contributed by atoms with van der Waals surface area (Å²) in [7, 11) is 1.36. The topological polar surface area (TPSA) is 64.7 Å². The third-order valence-electron chi connectivity index (χ3n) is 4.17. The van der Waals surface area contributed by atoms with Crippen LogP contribution >= 0.6 is 15.9 Å². The fourth-order valence-electron chi connectivity index (χ4n) is 2.72. The number of hydrogen-bond donors (Lipinski definition) is 0. The molecule has 138 valence electrons. The Kier molecular flexibility index (Phi) is 5.04. The molecule has 0 saturated heterocycles. The lowest BCUT2D eigenvalue weighted by Gasteiger charge is -1.99. The second-order valence-corrected chi connectivity index (χ2v) is 6.88. The number of esters is 1. The molecule has 0 saturated carbocycles. The molecule has 0 bridgehead atoms. The normalized spacial score (nSPS) is 11.2. The molecule has 1 aromatic heterocycles. The maximum atomic E-state index is 11.5. The van der Waals surface area contributed by atoms with Crippen molar-refractivity contribution in [3.05, 3.63) is 82.3 Å². The number of fused-ring (bicyclic) bond motifs is 1. The number of halogens is 1. The standard InChI is InChI=1S/C22H15BrN2O3/c1-27-22(26)15-8-6-14(7-9-15)13-24-16-10-11-20-19(12-16)25-21(28-20)17-4-2-3-5-18(17)23/h2-13H,1H3. The third kappa shape index (κ3) is 3.73. The lowest BCUT2D eigenvalue weighted by molar-refractivity contribution is 0.0600. The zero-order chi connectivity index (χ0) is 19.5. The number of hydrogen-bond acceptors (Lipinski definition) is 5. The van der Waals surface area contributed by atoms with Crippen molar-refractivity contribution in [2.75, 3.05) is 7.11 Å². The van der Waals surface area contributed by atoms with Gasteiger partial charge in [-0.1, -0.05) is 24.3 Å². The predicted molar refractivity (Wildman–Crippen MR) is 112 cm³/mol. The zero-order valence-electron chi connectivity index (χ0n) is 14.9. The van der Waals surface area contributed by atoms with Gasteiger partial charge >= 0.3 is 5.97 Å². The Bertz CT molecular complexity index is 1180. The number of aromatic nitrogens is 1. The van der Waals surface area contributed by atoms with Crippen molar-refractivity contribution < 1.29 is 13.9 Å². The smallest absolute Gasteiger partial charge is 0.337 e. The van der Waals surface area contributed by atoms with E-state index in [0.29, 0.717) is 17.0 Å². The summed E-state index contributed by atoms with van der Waals surface area (Å²) in [6, 6.07) is 20.4. The maximum absolute atomic E-state index is 11.5. The number of rotatable bonds is 4. The molecule has 0 aliphatic rings. The van der Waals surface area contributed by atoms with E-state index in [2.05, 4.69) is 25.9 Å². The predicted octanol–water partition coefficient (Wildman–Crippen LogP) is 5.79. The first kappa shape index (κ1) is 18.1. The molecule has 0 atom stereocenters. The van der Waals surface area contributed by atoms with Crippen LogP contribution in [0.15, 0.2) is 80.6 Å². The molecule has 0 radical (unpaired) electrons. The van der Waals surface area contributed by atoms with Crippen molar-refractivity contribution in [3.63, 3.8) is 0 Å². The van der Waals surface area contributed by atoms with Crippen LogP contribution in [0, 0.1) is 0 Å². The molecule has 3 aromatic carbocycles. The van der Waals surface area contributed by atoms with Gasteiger partial charge in [-0.3, -0.25) is 4.99 Å². The van der Waals surface area contributed by atoms with E-state index < -0.39 is 0 Å². The molecule has 0 fully saturated rings. The largest absolute Gasteiger partial charge is 0.465 e. The average Bonchev–Trinajstić information content (AvgIpc) is 3.15. The lowest BCUT2D eigenvalue weighted by Crippen LogP contribution is -2.00. The van der Waals surface area contributed by atoms with Gasteiger partial charge in [0.05, 0.1) is 23.9 Å². The van der Waals surface area contributed by atoms with Gasteiger partial charge in [-0.15, -0.1) is 0 Å². The van der Waals surface area contributed by atoms with Crippen LogP contribution in [0.3, 0.4) is 0 Å². The van der Waals surface area contributed by atoms with Gasteiger partial charge in [0.1, 0.15) is 5.52 Å². The molecular weight excluding hydrogens is 420 g/mol. The van der Waals surface area contributed by atoms with Crippen LogP contribution in [0.1, 0.15) is 15.9 Å². The number of ether oxygens (including phenoxy) is 1. The highest BCUT2D eigenvalue weighted by Crippen LogP contribution is 2.31. The fraction of sp³-hybridized carbons (Fsp3) is 0.0455. The van der Waals surface area contributed by atoms with E-state index in [1.165, 1.54) is 7.11 Å². The quantitative estimate of drug-likeness (QED) is 0.301. The summed E-state index contributed by atoms with van der Waals surface area (Å²) in [4.78, 5) is 20.5. The molecule has 0 spiro atoms. The minimum Gasteiger partial charge on any atom is -0.465 e. The van der Waals surface area contributed by atoms with Crippen LogP contribution in [0.25, 0.3) is 22.6 Å². The van der Waals surface area contributed by atoms with E-state index in [9.17, 15) is 4.79 Å². The number of oxazole rings is 1. The molecule has 28 heavy (non-hydrogen) atoms. The molecular formula is C22H15BrN2O3. The Morgan fingerprint density at radius 3 is 2.64 bits per heavy atom. The van der Waals surface area contributed by atoms with Gasteiger partial charge in [-0.25, -0.2) is 9.78 Å². The number of carbonyl (C=O) groups is 1. The molecule has 4 aromatic rings. The molecule has 0 N–H and O–H groups in total. The highest BCUT2D eigenvalue weighted by atomic mass is 79.9. The van der Waals surface area contributed by atoms with E-state index >= 15 is 0 Å². The van der Waals surface area contributed by atoms with E-state index in [1.54, 1.807) is 18.3 Å². The van der Waals surface area contributed by atoms with Gasteiger partial charge in [0.2, 0.25) is 5.89 Å². The molecule has 1 heterocycles. The van der Waals surface area contributed by atoms with E-state index in [4.69, 9.17) is 9.15 Å². The van der Waals surface area contributed by atoms with Crippen LogP contribution in [0.4, 0.5) is 5.69 Å². The van der Waals surface area contributed by atoms with Gasteiger partial charge in [0, 0.05) is 10.7 Å². The van der Waals surface area contributed by atoms with Crippen LogP contribution in [-0.2, 0) is 4.74 Å². The Morgan fingerprint density at radius 2 is 1.89 bits per heavy atom. The number of methoxy groups -OCH3 is 1. The summed E-state index contributed by atoms with van der Waals surface area (Å²) in [6.45, 7) is 0. The number of aliphatic imine (C=N–C) groups is 1. The fourth-order valence-corrected chi connectivity index (χ4v) is 3.17. The SMILES string of the molecule is COC(=O)c1ccc(C=Nc2ccc3oc(-c4ccccc4Br)nc3c2)cc1. The van der Waals surface area contributed by atoms with E-state index in [0.717, 1.165) is 26.8 Å². The maximum Gasteiger partial charge on any atom is 0.337 e. The summed E-state index contributed by atoms with van der Waals surface area (Å²) in [5, 5.41) is 0. The number of carbonyl (C=O) groups excluding carboxylic acids is 1. The Hall–Kier alpha value is -3.25. The van der Waals surface area contributed by atoms with Crippen LogP contribution in [0.5, 0.6) is 0 Å². The van der Waals surface area contributed by atoms with Crippen LogP contribution in [-0.4, -0.2) is 24.3 Å². The van der Waals surface area contributed by atoms with Crippen LogP contribution in [0.2, 0.25) is 0 Å². The molecule has 4 rings (SSSR count). The van der Waals surface area contributed by atoms with E-state index in [1.807, 2.05) is 54.6 Å². The number of nitrogens with zero attached hydrogens (tertiary/aromatic N) is 2. The first-order valence-corrected chi connectivity index (χ1v) is 9.31. The Balaban J connectivity index is 1.59. The summed E-state index contributed by atoms with van der Waals surface area (Å²) in [6.07, 6.45) is 1.73. The lowest BCUT2D eigenvalue weighted by atomic mass is 10.1. The first-order valence-electron chi connectivity index (χ1n) is 8.52. The zero-order valence-corrected chi connectivity index (χ0v) is 16.5. The summed E-state index contributed by atoms with van der Waals surface area (Å²) in [5.41, 5.74) is 4.48. The number of benzene rings is 3. The van der Waals surface area contributed by atoms with Crippen molar-refractivity contribution in [3.8, 4) is 11.5 Å². The van der Waals surface area contributed by atoms with Crippen molar-refractivity contribution in [1.82, 2.24) is 4.98 Å². The Morgan fingerprint density at radius 1 is 1.11 bits per heavy atom. The van der Waals surface area contributed by atoms with Crippen molar-refractivity contribution in [2.45, 2.75) is 0 Å². The molecule has 5 nitrogen and oxygen atoms in total. The summed E-state index contributed by atoms with van der Waals surface area (Å²) >= 11 is 3.52. The van der Waals surface area contributed by atoms with E-state index in [-0.39, 0.29) is 5.97 Å². The molecule has 0 amide bonds. The molecule has 6 heteroatoms. The van der Waals surface area contributed by atoms with Crippen LogP contribution < -0.4 is 0 Å². The Labute approximate surface area is 169 Å². The molecule has 0 aliphatic heterocycles. The third-order valence-corrected chi connectivity index (χ3v) is 4.86. The van der Waals surface area contributed by atoms with Gasteiger partial charge in [-0.05, 0) is 64.0 Å². The first-order chi connectivity index (χ1) is 13.6. The summed E-state index contributed by atoms with van der Waals surface area (Å²) in [5.74, 6) is 0.197. The van der Waals surface area contributed by atoms with Gasteiger partial charge in [-0.2, -0.15) is 0 Å². The second-order valence-electron chi connectivity index (χ2n) is 6.02. The molecule has 0 aliphatic carbocycles. The molecule has 0 unspecified atom stereocenters.